The summed E-state index contributed by atoms with van der Waals surface area (Å²) in [6.07, 6.45) is 1.03. The maximum Gasteiger partial charge on any atom is 0.240 e. The number of carbonyl (C=O) groups excluding carboxylic acids is 1. The number of benzene rings is 1. The molecule has 0 aliphatic heterocycles. The number of rotatable bonds is 8. The monoisotopic (exact) mass is 338 g/mol. The van der Waals surface area contributed by atoms with Gasteiger partial charge in [-0.1, -0.05) is 39.3 Å². The van der Waals surface area contributed by atoms with Crippen LogP contribution in [-0.2, 0) is 4.79 Å². The zero-order valence-electron chi connectivity index (χ0n) is 14.6. The Balaban J connectivity index is 2.35. The number of hydrogen-bond donors (Lipinski definition) is 1. The third-order valence-corrected chi connectivity index (χ3v) is 3.67. The quantitative estimate of drug-likeness (QED) is 0.428. The molecule has 1 aromatic rings. The molecule has 0 atom stereocenters. The molecule has 0 saturated carbocycles. The van der Waals surface area contributed by atoms with Gasteiger partial charge in [-0.2, -0.15) is 5.10 Å². The lowest BCUT2D eigenvalue weighted by Gasteiger charge is -2.13. The molecule has 0 aliphatic carbocycles. The second-order valence-corrected chi connectivity index (χ2v) is 6.68. The Morgan fingerprint density at radius 3 is 2.48 bits per heavy atom. The van der Waals surface area contributed by atoms with Gasteiger partial charge in [0, 0.05) is 17.2 Å². The summed E-state index contributed by atoms with van der Waals surface area (Å²) in [7, 11) is 0. The largest absolute Gasteiger partial charge is 0.493 e. The Hall–Kier alpha value is -1.55. The van der Waals surface area contributed by atoms with Crippen LogP contribution >= 0.6 is 11.6 Å². The third-order valence-electron chi connectivity index (χ3n) is 3.44. The van der Waals surface area contributed by atoms with E-state index in [4.69, 9.17) is 16.3 Å². The highest BCUT2D eigenvalue weighted by Gasteiger charge is 2.10. The first-order chi connectivity index (χ1) is 10.8. The van der Waals surface area contributed by atoms with Crippen LogP contribution in [0.4, 0.5) is 0 Å². The number of hydrogen-bond acceptors (Lipinski definition) is 3. The van der Waals surface area contributed by atoms with Crippen molar-refractivity contribution in [2.45, 2.75) is 47.5 Å². The number of amides is 1. The highest BCUT2D eigenvalue weighted by Crippen LogP contribution is 2.21. The Bertz CT molecular complexity index is 544. The number of hydrazone groups is 1. The first-order valence-electron chi connectivity index (χ1n) is 8.06. The van der Waals surface area contributed by atoms with Crippen molar-refractivity contribution in [2.75, 3.05) is 6.61 Å². The number of carbonyl (C=O) groups is 1. The zero-order valence-corrected chi connectivity index (χ0v) is 15.4. The Morgan fingerprint density at radius 1 is 1.26 bits per heavy atom. The molecule has 0 aliphatic rings. The van der Waals surface area contributed by atoms with Gasteiger partial charge in [0.1, 0.15) is 5.75 Å². The fraction of sp³-hybridized carbons (Fsp3) is 0.556. The lowest BCUT2D eigenvalue weighted by atomic mass is 9.98. The average molecular weight is 339 g/mol. The van der Waals surface area contributed by atoms with Gasteiger partial charge in [-0.15, -0.1) is 0 Å². The molecule has 23 heavy (non-hydrogen) atoms. The maximum absolute atomic E-state index is 11.8. The Kier molecular flexibility index (Phi) is 8.10. The smallest absolute Gasteiger partial charge is 0.240 e. The second-order valence-electron chi connectivity index (χ2n) is 6.24. The summed E-state index contributed by atoms with van der Waals surface area (Å²) in [4.78, 5) is 11.8. The molecular weight excluding hydrogens is 312 g/mol. The van der Waals surface area contributed by atoms with E-state index in [1.165, 1.54) is 0 Å². The summed E-state index contributed by atoms with van der Waals surface area (Å²) in [5.74, 6) is 1.37. The summed E-state index contributed by atoms with van der Waals surface area (Å²) in [5.41, 5.74) is 4.64. The SMILES string of the molecule is Cc1cc(Cl)ccc1OCCCC(=O)NN=C(C(C)C)C(C)C. The van der Waals surface area contributed by atoms with Crippen LogP contribution in [0, 0.1) is 18.8 Å². The standard InChI is InChI=1S/C18H27ClN2O2/c1-12(2)18(13(3)4)21-20-17(22)7-6-10-23-16-9-8-15(19)11-14(16)5/h8-9,11-13H,6-7,10H2,1-5H3,(H,20,22). The van der Waals surface area contributed by atoms with Crippen LogP contribution in [0.2, 0.25) is 5.02 Å². The molecule has 0 aromatic heterocycles. The molecule has 128 valence electrons. The Morgan fingerprint density at radius 2 is 1.91 bits per heavy atom. The highest BCUT2D eigenvalue weighted by molar-refractivity contribution is 6.30. The van der Waals surface area contributed by atoms with E-state index in [0.29, 0.717) is 36.3 Å². The van der Waals surface area contributed by atoms with Gasteiger partial charge in [-0.25, -0.2) is 5.43 Å². The Labute approximate surface area is 144 Å². The molecule has 0 radical (unpaired) electrons. The molecule has 1 N–H and O–H groups in total. The minimum Gasteiger partial charge on any atom is -0.493 e. The zero-order chi connectivity index (χ0) is 17.4. The number of nitrogens with zero attached hydrogens (tertiary/aromatic N) is 1. The van der Waals surface area contributed by atoms with Gasteiger partial charge in [0.15, 0.2) is 0 Å². The third kappa shape index (κ3) is 7.04. The number of ether oxygens (including phenoxy) is 1. The van der Waals surface area contributed by atoms with E-state index in [1.807, 2.05) is 19.1 Å². The van der Waals surface area contributed by atoms with E-state index in [9.17, 15) is 4.79 Å². The summed E-state index contributed by atoms with van der Waals surface area (Å²) >= 11 is 5.90. The predicted octanol–water partition coefficient (Wildman–Crippen LogP) is 4.59. The molecule has 0 unspecified atom stereocenters. The maximum atomic E-state index is 11.8. The fourth-order valence-electron chi connectivity index (χ4n) is 2.30. The van der Waals surface area contributed by atoms with E-state index in [0.717, 1.165) is 17.0 Å². The molecule has 1 amide bonds. The van der Waals surface area contributed by atoms with Crippen molar-refractivity contribution in [2.24, 2.45) is 16.9 Å². The van der Waals surface area contributed by atoms with Crippen molar-refractivity contribution in [3.63, 3.8) is 0 Å². The molecule has 4 nitrogen and oxygen atoms in total. The first-order valence-corrected chi connectivity index (χ1v) is 8.44. The van der Waals surface area contributed by atoms with Crippen molar-refractivity contribution < 1.29 is 9.53 Å². The predicted molar refractivity (Wildman–Crippen MR) is 96.2 cm³/mol. The van der Waals surface area contributed by atoms with Crippen LogP contribution in [0.5, 0.6) is 5.75 Å². The molecule has 1 rings (SSSR count). The van der Waals surface area contributed by atoms with Gasteiger partial charge >= 0.3 is 0 Å². The lowest BCUT2D eigenvalue weighted by molar-refractivity contribution is -0.121. The van der Waals surface area contributed by atoms with Crippen molar-refractivity contribution in [3.05, 3.63) is 28.8 Å². The fourth-order valence-corrected chi connectivity index (χ4v) is 2.52. The van der Waals surface area contributed by atoms with Crippen LogP contribution in [0.15, 0.2) is 23.3 Å². The van der Waals surface area contributed by atoms with Crippen LogP contribution in [0.1, 0.15) is 46.1 Å². The number of nitrogens with one attached hydrogen (secondary N) is 1. The minimum atomic E-state index is -0.0831. The van der Waals surface area contributed by atoms with Crippen LogP contribution in [-0.4, -0.2) is 18.2 Å². The van der Waals surface area contributed by atoms with Gasteiger partial charge in [0.2, 0.25) is 5.91 Å². The van der Waals surface area contributed by atoms with E-state index >= 15 is 0 Å². The molecule has 0 bridgehead atoms. The minimum absolute atomic E-state index is 0.0831. The summed E-state index contributed by atoms with van der Waals surface area (Å²) in [6, 6.07) is 5.50. The molecule has 1 aromatic carbocycles. The first kappa shape index (κ1) is 19.5. The van der Waals surface area contributed by atoms with Crippen molar-refractivity contribution in [1.29, 1.82) is 0 Å². The average Bonchev–Trinajstić information content (AvgIpc) is 2.44. The van der Waals surface area contributed by atoms with Gasteiger partial charge < -0.3 is 4.74 Å². The van der Waals surface area contributed by atoms with Crippen LogP contribution in [0.3, 0.4) is 0 Å². The summed E-state index contributed by atoms with van der Waals surface area (Å²) < 4.78 is 5.67. The highest BCUT2D eigenvalue weighted by atomic mass is 35.5. The van der Waals surface area contributed by atoms with Crippen molar-refractivity contribution in [1.82, 2.24) is 5.43 Å². The van der Waals surface area contributed by atoms with Gasteiger partial charge in [-0.05, 0) is 48.9 Å². The lowest BCUT2D eigenvalue weighted by Crippen LogP contribution is -2.24. The molecule has 5 heteroatoms. The van der Waals surface area contributed by atoms with Gasteiger partial charge in [0.25, 0.3) is 0 Å². The van der Waals surface area contributed by atoms with E-state index in [2.05, 4.69) is 38.2 Å². The van der Waals surface area contributed by atoms with Gasteiger partial charge in [-0.3, -0.25) is 4.79 Å². The van der Waals surface area contributed by atoms with Gasteiger partial charge in [0.05, 0.1) is 6.61 Å². The normalized spacial score (nSPS) is 10.8. The van der Waals surface area contributed by atoms with Crippen molar-refractivity contribution in [3.8, 4) is 5.75 Å². The summed E-state index contributed by atoms with van der Waals surface area (Å²) in [5, 5.41) is 4.94. The van der Waals surface area contributed by atoms with Crippen LogP contribution < -0.4 is 10.2 Å². The second kappa shape index (κ2) is 9.56. The molecular formula is C18H27ClN2O2. The summed E-state index contributed by atoms with van der Waals surface area (Å²) in [6.45, 7) is 10.7. The number of halogens is 1. The topological polar surface area (TPSA) is 50.7 Å². The van der Waals surface area contributed by atoms with E-state index in [-0.39, 0.29) is 5.91 Å². The van der Waals surface area contributed by atoms with E-state index < -0.39 is 0 Å². The molecule has 0 saturated heterocycles. The molecule has 0 spiro atoms. The molecule has 0 fully saturated rings. The van der Waals surface area contributed by atoms with Crippen molar-refractivity contribution >= 4 is 23.2 Å². The van der Waals surface area contributed by atoms with E-state index in [1.54, 1.807) is 6.07 Å². The number of aryl methyl sites for hydroxylation is 1. The van der Waals surface area contributed by atoms with Crippen LogP contribution in [0.25, 0.3) is 0 Å². The molecule has 0 heterocycles.